The molecular weight excluding hydrogens is 290 g/mol. The van der Waals surface area contributed by atoms with E-state index in [0.717, 1.165) is 18.7 Å². The van der Waals surface area contributed by atoms with Gasteiger partial charge in [0.15, 0.2) is 0 Å². The van der Waals surface area contributed by atoms with Crippen LogP contribution in [0.15, 0.2) is 28.8 Å². The zero-order chi connectivity index (χ0) is 14.8. The maximum atomic E-state index is 5.98. The van der Waals surface area contributed by atoms with E-state index in [9.17, 15) is 0 Å². The minimum Gasteiger partial charge on any atom is -0.373 e. The lowest BCUT2D eigenvalue weighted by Crippen LogP contribution is -2.44. The van der Waals surface area contributed by atoms with Gasteiger partial charge in [0.05, 0.1) is 18.8 Å². The van der Waals surface area contributed by atoms with E-state index >= 15 is 0 Å². The van der Waals surface area contributed by atoms with Crippen LogP contribution >= 0.6 is 11.6 Å². The first kappa shape index (κ1) is 14.5. The Balaban J connectivity index is 1.70. The second-order valence-electron chi connectivity index (χ2n) is 5.47. The minimum atomic E-state index is 0.226. The highest BCUT2D eigenvalue weighted by atomic mass is 35.5. The summed E-state index contributed by atoms with van der Waals surface area (Å²) in [5.74, 6) is 1.19. The van der Waals surface area contributed by atoms with Gasteiger partial charge in [-0.05, 0) is 26.0 Å². The van der Waals surface area contributed by atoms with Crippen LogP contribution in [0, 0.1) is 0 Å². The fourth-order valence-electron chi connectivity index (χ4n) is 2.67. The quantitative estimate of drug-likeness (QED) is 0.872. The normalized spacial score (nSPS) is 23.4. The molecule has 0 spiro atoms. The molecule has 0 saturated carbocycles. The summed E-state index contributed by atoms with van der Waals surface area (Å²) in [6.07, 6.45) is 0.452. The molecule has 1 aliphatic heterocycles. The largest absolute Gasteiger partial charge is 0.373 e. The van der Waals surface area contributed by atoms with Gasteiger partial charge in [-0.15, -0.1) is 0 Å². The van der Waals surface area contributed by atoms with E-state index in [1.165, 1.54) is 0 Å². The van der Waals surface area contributed by atoms with E-state index < -0.39 is 0 Å². The average Bonchev–Trinajstić information content (AvgIpc) is 2.86. The number of halogens is 1. The molecule has 0 radical (unpaired) electrons. The summed E-state index contributed by atoms with van der Waals surface area (Å²) in [6.45, 7) is 6.55. The second kappa shape index (κ2) is 6.13. The smallest absolute Gasteiger partial charge is 0.241 e. The summed E-state index contributed by atoms with van der Waals surface area (Å²) < 4.78 is 11.1. The Morgan fingerprint density at radius 3 is 2.76 bits per heavy atom. The Bertz CT molecular complexity index is 606. The SMILES string of the molecule is CC1CN(Cc2nc(-c3cccc(Cl)c3)no2)CC(C)O1. The van der Waals surface area contributed by atoms with Crippen LogP contribution in [0.25, 0.3) is 11.4 Å². The number of morpholine rings is 1. The van der Waals surface area contributed by atoms with Gasteiger partial charge in [0.1, 0.15) is 0 Å². The van der Waals surface area contributed by atoms with E-state index in [2.05, 4.69) is 28.9 Å². The molecule has 0 aliphatic carbocycles. The topological polar surface area (TPSA) is 51.4 Å². The summed E-state index contributed by atoms with van der Waals surface area (Å²) in [5, 5.41) is 4.69. The Labute approximate surface area is 128 Å². The average molecular weight is 308 g/mol. The Hall–Kier alpha value is -1.43. The zero-order valence-electron chi connectivity index (χ0n) is 12.1. The van der Waals surface area contributed by atoms with Gasteiger partial charge in [0.2, 0.25) is 11.7 Å². The second-order valence-corrected chi connectivity index (χ2v) is 5.91. The third kappa shape index (κ3) is 3.61. The lowest BCUT2D eigenvalue weighted by Gasteiger charge is -2.34. The fraction of sp³-hybridized carbons (Fsp3) is 0.467. The molecule has 0 amide bonds. The highest BCUT2D eigenvalue weighted by Crippen LogP contribution is 2.21. The van der Waals surface area contributed by atoms with Gasteiger partial charge in [-0.2, -0.15) is 4.98 Å². The van der Waals surface area contributed by atoms with E-state index in [4.69, 9.17) is 20.9 Å². The molecule has 2 unspecified atom stereocenters. The maximum absolute atomic E-state index is 5.98. The molecule has 3 rings (SSSR count). The van der Waals surface area contributed by atoms with Crippen molar-refractivity contribution in [3.05, 3.63) is 35.2 Å². The van der Waals surface area contributed by atoms with Gasteiger partial charge < -0.3 is 9.26 Å². The molecule has 0 N–H and O–H groups in total. The molecular formula is C15H18ClN3O2. The first-order chi connectivity index (χ1) is 10.1. The van der Waals surface area contributed by atoms with Crippen molar-refractivity contribution in [2.45, 2.75) is 32.6 Å². The fourth-order valence-corrected chi connectivity index (χ4v) is 2.86. The summed E-state index contributed by atoms with van der Waals surface area (Å²) in [5.41, 5.74) is 0.862. The van der Waals surface area contributed by atoms with Crippen molar-refractivity contribution in [2.75, 3.05) is 13.1 Å². The van der Waals surface area contributed by atoms with Gasteiger partial charge in [-0.1, -0.05) is 28.9 Å². The molecule has 1 aromatic heterocycles. The van der Waals surface area contributed by atoms with Gasteiger partial charge in [0.25, 0.3) is 0 Å². The van der Waals surface area contributed by atoms with Gasteiger partial charge in [-0.3, -0.25) is 4.90 Å². The van der Waals surface area contributed by atoms with Crippen molar-refractivity contribution in [3.8, 4) is 11.4 Å². The Kier molecular flexibility index (Phi) is 4.24. The summed E-state index contributed by atoms with van der Waals surface area (Å²) in [7, 11) is 0. The zero-order valence-corrected chi connectivity index (χ0v) is 12.9. The number of hydrogen-bond donors (Lipinski definition) is 0. The van der Waals surface area contributed by atoms with Crippen LogP contribution in [0.1, 0.15) is 19.7 Å². The van der Waals surface area contributed by atoms with E-state index in [1.807, 2.05) is 24.3 Å². The molecule has 1 fully saturated rings. The first-order valence-corrected chi connectivity index (χ1v) is 7.44. The molecule has 5 nitrogen and oxygen atoms in total. The third-order valence-electron chi connectivity index (χ3n) is 3.41. The molecule has 112 valence electrons. The van der Waals surface area contributed by atoms with Gasteiger partial charge in [0, 0.05) is 23.7 Å². The van der Waals surface area contributed by atoms with Crippen molar-refractivity contribution < 1.29 is 9.26 Å². The Morgan fingerprint density at radius 2 is 2.05 bits per heavy atom. The number of benzene rings is 1. The standard InChI is InChI=1S/C15H18ClN3O2/c1-10-7-19(8-11(2)20-10)9-14-17-15(18-21-14)12-4-3-5-13(16)6-12/h3-6,10-11H,7-9H2,1-2H3. The summed E-state index contributed by atoms with van der Waals surface area (Å²) in [4.78, 5) is 6.72. The van der Waals surface area contributed by atoms with Crippen LogP contribution < -0.4 is 0 Å². The van der Waals surface area contributed by atoms with Crippen LogP contribution in [-0.4, -0.2) is 40.3 Å². The van der Waals surface area contributed by atoms with Crippen LogP contribution in [-0.2, 0) is 11.3 Å². The van der Waals surface area contributed by atoms with Gasteiger partial charge in [-0.25, -0.2) is 0 Å². The monoisotopic (exact) mass is 307 g/mol. The van der Waals surface area contributed by atoms with Crippen molar-refractivity contribution in [1.29, 1.82) is 0 Å². The van der Waals surface area contributed by atoms with Crippen LogP contribution in [0.4, 0.5) is 0 Å². The van der Waals surface area contributed by atoms with Crippen molar-refractivity contribution >= 4 is 11.6 Å². The van der Waals surface area contributed by atoms with Crippen molar-refractivity contribution in [3.63, 3.8) is 0 Å². The lowest BCUT2D eigenvalue weighted by atomic mass is 10.2. The number of rotatable bonds is 3. The van der Waals surface area contributed by atoms with E-state index in [-0.39, 0.29) is 12.2 Å². The lowest BCUT2D eigenvalue weighted by molar-refractivity contribution is -0.0725. The highest BCUT2D eigenvalue weighted by Gasteiger charge is 2.23. The number of hydrogen-bond acceptors (Lipinski definition) is 5. The minimum absolute atomic E-state index is 0.226. The number of nitrogens with zero attached hydrogens (tertiary/aromatic N) is 3. The van der Waals surface area contributed by atoms with Crippen LogP contribution in [0.5, 0.6) is 0 Å². The highest BCUT2D eigenvalue weighted by molar-refractivity contribution is 6.30. The van der Waals surface area contributed by atoms with Crippen molar-refractivity contribution in [2.24, 2.45) is 0 Å². The maximum Gasteiger partial charge on any atom is 0.241 e. The Morgan fingerprint density at radius 1 is 1.29 bits per heavy atom. The van der Waals surface area contributed by atoms with E-state index in [1.54, 1.807) is 0 Å². The molecule has 21 heavy (non-hydrogen) atoms. The van der Waals surface area contributed by atoms with E-state index in [0.29, 0.717) is 23.3 Å². The third-order valence-corrected chi connectivity index (χ3v) is 3.64. The molecule has 0 bridgehead atoms. The molecule has 1 aliphatic rings. The summed E-state index contributed by atoms with van der Waals surface area (Å²) >= 11 is 5.98. The first-order valence-electron chi connectivity index (χ1n) is 7.06. The number of aromatic nitrogens is 2. The molecule has 1 aromatic carbocycles. The molecule has 6 heteroatoms. The summed E-state index contributed by atoms with van der Waals surface area (Å²) in [6, 6.07) is 7.44. The molecule has 2 aromatic rings. The molecule has 2 atom stereocenters. The van der Waals surface area contributed by atoms with Crippen LogP contribution in [0.3, 0.4) is 0 Å². The predicted molar refractivity (Wildman–Crippen MR) is 80.0 cm³/mol. The number of ether oxygens (including phenoxy) is 1. The molecule has 1 saturated heterocycles. The van der Waals surface area contributed by atoms with Gasteiger partial charge >= 0.3 is 0 Å². The molecule has 2 heterocycles. The van der Waals surface area contributed by atoms with Crippen molar-refractivity contribution in [1.82, 2.24) is 15.0 Å². The predicted octanol–water partition coefficient (Wildman–Crippen LogP) is 3.00. The van der Waals surface area contributed by atoms with Crippen LogP contribution in [0.2, 0.25) is 5.02 Å².